The van der Waals surface area contributed by atoms with Gasteiger partial charge in [-0.05, 0) is 37.5 Å². The highest BCUT2D eigenvalue weighted by Gasteiger charge is 2.55. The number of fused-ring (bicyclic) bond motifs is 2. The molecule has 2 heterocycles. The van der Waals surface area contributed by atoms with Crippen LogP contribution in [-0.4, -0.2) is 29.2 Å². The first-order chi connectivity index (χ1) is 9.97. The molecule has 2 fully saturated rings. The lowest BCUT2D eigenvalue weighted by atomic mass is 9.78. The number of aryl methyl sites for hydroxylation is 1. The molecule has 0 unspecified atom stereocenters. The molecule has 4 atom stereocenters. The number of carboxylic acids is 1. The van der Waals surface area contributed by atoms with Crippen LogP contribution in [0.3, 0.4) is 0 Å². The number of ether oxygens (including phenoxy) is 1. The number of aliphatic carboxylic acids is 1. The molecule has 1 aromatic carbocycles. The summed E-state index contributed by atoms with van der Waals surface area (Å²) in [5.41, 5.74) is 1.49. The molecule has 3 rings (SSSR count). The van der Waals surface area contributed by atoms with Gasteiger partial charge in [-0.2, -0.15) is 0 Å². The molecular formula is C15H16ClNO4. The van der Waals surface area contributed by atoms with Crippen LogP contribution < -0.4 is 5.32 Å². The van der Waals surface area contributed by atoms with Crippen molar-refractivity contribution in [2.24, 2.45) is 11.8 Å². The molecule has 0 spiro atoms. The van der Waals surface area contributed by atoms with Crippen molar-refractivity contribution in [3.63, 3.8) is 0 Å². The van der Waals surface area contributed by atoms with E-state index in [9.17, 15) is 14.7 Å². The minimum Gasteiger partial charge on any atom is -0.481 e. The monoisotopic (exact) mass is 309 g/mol. The van der Waals surface area contributed by atoms with Crippen LogP contribution in [0.1, 0.15) is 18.4 Å². The van der Waals surface area contributed by atoms with Gasteiger partial charge < -0.3 is 15.2 Å². The summed E-state index contributed by atoms with van der Waals surface area (Å²) >= 11 is 6.03. The van der Waals surface area contributed by atoms with E-state index in [0.717, 1.165) is 12.0 Å². The van der Waals surface area contributed by atoms with Crippen molar-refractivity contribution in [2.75, 3.05) is 5.32 Å². The van der Waals surface area contributed by atoms with Gasteiger partial charge in [0.2, 0.25) is 5.91 Å². The van der Waals surface area contributed by atoms with Gasteiger partial charge in [0.25, 0.3) is 0 Å². The Labute approximate surface area is 127 Å². The number of hydrogen-bond donors (Lipinski definition) is 2. The minimum atomic E-state index is -0.968. The molecule has 21 heavy (non-hydrogen) atoms. The number of carbonyl (C=O) groups excluding carboxylic acids is 1. The average molecular weight is 310 g/mol. The number of anilines is 1. The van der Waals surface area contributed by atoms with Crippen molar-refractivity contribution >= 4 is 29.2 Å². The van der Waals surface area contributed by atoms with Crippen molar-refractivity contribution in [1.29, 1.82) is 0 Å². The Morgan fingerprint density at radius 3 is 2.57 bits per heavy atom. The quantitative estimate of drug-likeness (QED) is 0.899. The van der Waals surface area contributed by atoms with E-state index >= 15 is 0 Å². The maximum absolute atomic E-state index is 12.4. The molecule has 1 aromatic rings. The fourth-order valence-corrected chi connectivity index (χ4v) is 3.40. The number of rotatable bonds is 3. The highest BCUT2D eigenvalue weighted by Crippen LogP contribution is 2.44. The topological polar surface area (TPSA) is 75.6 Å². The van der Waals surface area contributed by atoms with Gasteiger partial charge in [0.15, 0.2) is 0 Å². The van der Waals surface area contributed by atoms with Crippen LogP contribution in [0.25, 0.3) is 0 Å². The SMILES string of the molecule is Cc1ccc(NC(=O)[C@H]2[C@@H](C(=O)O)[C@@H]3CC[C@@H]2O3)cc1Cl. The van der Waals surface area contributed by atoms with Crippen molar-refractivity contribution in [3.8, 4) is 0 Å². The lowest BCUT2D eigenvalue weighted by molar-refractivity contribution is -0.147. The highest BCUT2D eigenvalue weighted by molar-refractivity contribution is 6.31. The lowest BCUT2D eigenvalue weighted by Crippen LogP contribution is -2.40. The third-order valence-electron chi connectivity index (χ3n) is 4.30. The molecule has 2 bridgehead atoms. The number of carboxylic acid groups (broad SMARTS) is 1. The number of benzene rings is 1. The Hall–Kier alpha value is -1.59. The smallest absolute Gasteiger partial charge is 0.310 e. The van der Waals surface area contributed by atoms with E-state index in [2.05, 4.69) is 5.32 Å². The molecule has 1 amide bonds. The Balaban J connectivity index is 1.78. The predicted molar refractivity (Wildman–Crippen MR) is 77.3 cm³/mol. The predicted octanol–water partition coefficient (Wildman–Crippen LogP) is 2.47. The van der Waals surface area contributed by atoms with Gasteiger partial charge in [-0.3, -0.25) is 9.59 Å². The van der Waals surface area contributed by atoms with E-state index in [1.807, 2.05) is 13.0 Å². The summed E-state index contributed by atoms with van der Waals surface area (Å²) in [5, 5.41) is 12.6. The third kappa shape index (κ3) is 2.51. The molecule has 112 valence electrons. The number of halogens is 1. The molecule has 2 aliphatic heterocycles. The number of nitrogens with one attached hydrogen (secondary N) is 1. The molecular weight excluding hydrogens is 294 g/mol. The fourth-order valence-electron chi connectivity index (χ4n) is 3.22. The molecule has 0 radical (unpaired) electrons. The van der Waals surface area contributed by atoms with Gasteiger partial charge in [-0.25, -0.2) is 0 Å². The van der Waals surface area contributed by atoms with E-state index in [4.69, 9.17) is 16.3 Å². The first-order valence-corrected chi connectivity index (χ1v) is 7.30. The summed E-state index contributed by atoms with van der Waals surface area (Å²) < 4.78 is 5.59. The summed E-state index contributed by atoms with van der Waals surface area (Å²) in [5.74, 6) is -2.68. The van der Waals surface area contributed by atoms with E-state index in [1.165, 1.54) is 0 Å². The first kappa shape index (κ1) is 14.4. The van der Waals surface area contributed by atoms with Crippen LogP contribution in [0.5, 0.6) is 0 Å². The second kappa shape index (κ2) is 5.31. The van der Waals surface area contributed by atoms with E-state index in [1.54, 1.807) is 12.1 Å². The zero-order valence-electron chi connectivity index (χ0n) is 11.5. The van der Waals surface area contributed by atoms with Crippen molar-refractivity contribution in [2.45, 2.75) is 32.0 Å². The van der Waals surface area contributed by atoms with Gasteiger partial charge in [0.1, 0.15) is 0 Å². The highest BCUT2D eigenvalue weighted by atomic mass is 35.5. The first-order valence-electron chi connectivity index (χ1n) is 6.92. The van der Waals surface area contributed by atoms with Crippen molar-refractivity contribution in [3.05, 3.63) is 28.8 Å². The molecule has 0 aromatic heterocycles. The molecule has 0 saturated carbocycles. The number of carbonyl (C=O) groups is 2. The van der Waals surface area contributed by atoms with Gasteiger partial charge in [-0.15, -0.1) is 0 Å². The molecule has 2 saturated heterocycles. The van der Waals surface area contributed by atoms with Crippen LogP contribution in [0, 0.1) is 18.8 Å². The zero-order chi connectivity index (χ0) is 15.1. The van der Waals surface area contributed by atoms with Gasteiger partial charge in [0, 0.05) is 10.7 Å². The number of amides is 1. The van der Waals surface area contributed by atoms with Gasteiger partial charge >= 0.3 is 5.97 Å². The molecule has 5 nitrogen and oxygen atoms in total. The second-order valence-corrected chi connectivity index (χ2v) is 6.04. The summed E-state index contributed by atoms with van der Waals surface area (Å²) in [7, 11) is 0. The second-order valence-electron chi connectivity index (χ2n) is 5.63. The number of hydrogen-bond acceptors (Lipinski definition) is 3. The molecule has 0 aliphatic carbocycles. The van der Waals surface area contributed by atoms with Crippen molar-refractivity contribution in [1.82, 2.24) is 0 Å². The Kier molecular flexibility index (Phi) is 3.63. The largest absolute Gasteiger partial charge is 0.481 e. The van der Waals surface area contributed by atoms with Gasteiger partial charge in [-0.1, -0.05) is 17.7 Å². The molecule has 6 heteroatoms. The Bertz CT molecular complexity index is 603. The third-order valence-corrected chi connectivity index (χ3v) is 4.71. The minimum absolute atomic E-state index is 0.294. The zero-order valence-corrected chi connectivity index (χ0v) is 12.3. The van der Waals surface area contributed by atoms with Crippen LogP contribution in [0.15, 0.2) is 18.2 Å². The summed E-state index contributed by atoms with van der Waals surface area (Å²) in [6.45, 7) is 1.87. The van der Waals surface area contributed by atoms with E-state index in [-0.39, 0.29) is 18.1 Å². The average Bonchev–Trinajstić information content (AvgIpc) is 3.03. The molecule has 2 aliphatic rings. The van der Waals surface area contributed by atoms with Crippen LogP contribution >= 0.6 is 11.6 Å². The summed E-state index contributed by atoms with van der Waals surface area (Å²) in [6, 6.07) is 5.23. The Morgan fingerprint density at radius 1 is 1.29 bits per heavy atom. The maximum Gasteiger partial charge on any atom is 0.310 e. The maximum atomic E-state index is 12.4. The standard InChI is InChI=1S/C15H16ClNO4/c1-7-2-3-8(6-9(7)16)17-14(18)12-10-4-5-11(21-10)13(12)15(19)20/h2-3,6,10-13H,4-5H2,1H3,(H,17,18)(H,19,20)/t10-,11-,12+,13-/m0/s1. The van der Waals surface area contributed by atoms with Gasteiger partial charge in [0.05, 0.1) is 24.0 Å². The summed E-state index contributed by atoms with van der Waals surface area (Å²) in [4.78, 5) is 23.8. The van der Waals surface area contributed by atoms with Crippen molar-refractivity contribution < 1.29 is 19.4 Å². The normalized spacial score (nSPS) is 30.4. The van der Waals surface area contributed by atoms with E-state index < -0.39 is 17.8 Å². The fraction of sp³-hybridized carbons (Fsp3) is 0.467. The Morgan fingerprint density at radius 2 is 1.95 bits per heavy atom. The van der Waals surface area contributed by atoms with Crippen LogP contribution in [0.2, 0.25) is 5.02 Å². The van der Waals surface area contributed by atoms with E-state index in [0.29, 0.717) is 17.1 Å². The van der Waals surface area contributed by atoms with Crippen LogP contribution in [-0.2, 0) is 14.3 Å². The van der Waals surface area contributed by atoms with Crippen LogP contribution in [0.4, 0.5) is 5.69 Å². The molecule has 2 N–H and O–H groups in total. The lowest BCUT2D eigenvalue weighted by Gasteiger charge is -2.23. The summed E-state index contributed by atoms with van der Waals surface area (Å²) in [6.07, 6.45) is 0.810.